The summed E-state index contributed by atoms with van der Waals surface area (Å²) >= 11 is 0. The third-order valence-electron chi connectivity index (χ3n) is 4.52. The molecule has 6 heteroatoms. The standard InChI is InChI=1S/C15H23N3O3/c1-10-11(8-16-18(10)3)9-17(2)14(19)12-6-4-5-7-13(12)15(20)21/h8,12-13H,4-7,9H2,1-3H3,(H,20,21)/t12-,13+/m1/s1. The molecular formula is C15H23N3O3. The molecule has 1 saturated carbocycles. The number of carbonyl (C=O) groups excluding carboxylic acids is 1. The van der Waals surface area contributed by atoms with E-state index in [-0.39, 0.29) is 5.91 Å². The quantitative estimate of drug-likeness (QED) is 0.914. The van der Waals surface area contributed by atoms with Crippen molar-refractivity contribution in [3.8, 4) is 0 Å². The van der Waals surface area contributed by atoms with Gasteiger partial charge >= 0.3 is 5.97 Å². The average Bonchev–Trinajstić information content (AvgIpc) is 2.78. The summed E-state index contributed by atoms with van der Waals surface area (Å²) in [6.07, 6.45) is 4.86. The van der Waals surface area contributed by atoms with E-state index in [4.69, 9.17) is 0 Å². The van der Waals surface area contributed by atoms with Crippen LogP contribution in [0, 0.1) is 18.8 Å². The third-order valence-corrected chi connectivity index (χ3v) is 4.52. The molecule has 0 aliphatic heterocycles. The minimum absolute atomic E-state index is 0.0645. The summed E-state index contributed by atoms with van der Waals surface area (Å²) in [5.74, 6) is -1.84. The number of rotatable bonds is 4. The number of carboxylic acids is 1. The predicted molar refractivity (Wildman–Crippen MR) is 77.5 cm³/mol. The molecule has 1 aliphatic rings. The van der Waals surface area contributed by atoms with Crippen molar-refractivity contribution in [3.05, 3.63) is 17.5 Å². The van der Waals surface area contributed by atoms with Gasteiger partial charge in [-0.25, -0.2) is 0 Å². The molecule has 0 spiro atoms. The summed E-state index contributed by atoms with van der Waals surface area (Å²) in [7, 11) is 3.60. The smallest absolute Gasteiger partial charge is 0.307 e. The number of nitrogens with zero attached hydrogens (tertiary/aromatic N) is 3. The van der Waals surface area contributed by atoms with Crippen LogP contribution in [0.3, 0.4) is 0 Å². The van der Waals surface area contributed by atoms with Crippen molar-refractivity contribution in [1.29, 1.82) is 0 Å². The Hall–Kier alpha value is -1.85. The van der Waals surface area contributed by atoms with Crippen LogP contribution in [0.2, 0.25) is 0 Å². The normalized spacial score (nSPS) is 22.0. The Labute approximate surface area is 124 Å². The molecule has 2 atom stereocenters. The Morgan fingerprint density at radius 1 is 1.38 bits per heavy atom. The van der Waals surface area contributed by atoms with Crippen LogP contribution in [-0.2, 0) is 23.2 Å². The highest BCUT2D eigenvalue weighted by Crippen LogP contribution is 2.31. The Morgan fingerprint density at radius 2 is 2.00 bits per heavy atom. The lowest BCUT2D eigenvalue weighted by Gasteiger charge is -2.31. The van der Waals surface area contributed by atoms with Gasteiger partial charge < -0.3 is 10.0 Å². The van der Waals surface area contributed by atoms with Gasteiger partial charge in [0.25, 0.3) is 0 Å². The summed E-state index contributed by atoms with van der Waals surface area (Å²) in [4.78, 5) is 25.5. The predicted octanol–water partition coefficient (Wildman–Crippen LogP) is 1.58. The first kappa shape index (κ1) is 15.5. The lowest BCUT2D eigenvalue weighted by atomic mass is 9.78. The van der Waals surface area contributed by atoms with E-state index in [1.165, 1.54) is 0 Å². The molecule has 2 rings (SSSR count). The monoisotopic (exact) mass is 293 g/mol. The highest BCUT2D eigenvalue weighted by Gasteiger charge is 2.37. The van der Waals surface area contributed by atoms with E-state index in [1.54, 1.807) is 22.8 Å². The molecular weight excluding hydrogens is 270 g/mol. The maximum absolute atomic E-state index is 12.6. The number of hydrogen-bond acceptors (Lipinski definition) is 3. The van der Waals surface area contributed by atoms with Crippen LogP contribution >= 0.6 is 0 Å². The van der Waals surface area contributed by atoms with E-state index in [1.807, 2.05) is 14.0 Å². The summed E-state index contributed by atoms with van der Waals surface area (Å²) in [6, 6.07) is 0. The van der Waals surface area contributed by atoms with Gasteiger partial charge in [-0.3, -0.25) is 14.3 Å². The average molecular weight is 293 g/mol. The van der Waals surface area contributed by atoms with E-state index >= 15 is 0 Å². The first-order valence-corrected chi connectivity index (χ1v) is 7.37. The number of hydrogen-bond donors (Lipinski definition) is 1. The van der Waals surface area contributed by atoms with Gasteiger partial charge in [-0.05, 0) is 19.8 Å². The molecule has 1 aromatic heterocycles. The second-order valence-corrected chi connectivity index (χ2v) is 5.91. The van der Waals surface area contributed by atoms with Crippen molar-refractivity contribution >= 4 is 11.9 Å². The Bertz CT molecular complexity index is 538. The Kier molecular flexibility index (Phi) is 4.65. The third kappa shape index (κ3) is 3.25. The lowest BCUT2D eigenvalue weighted by Crippen LogP contribution is -2.40. The fourth-order valence-corrected chi connectivity index (χ4v) is 3.04. The lowest BCUT2D eigenvalue weighted by molar-refractivity contribution is -0.152. The van der Waals surface area contributed by atoms with Crippen LogP contribution in [0.1, 0.15) is 36.9 Å². The van der Waals surface area contributed by atoms with Gasteiger partial charge in [-0.15, -0.1) is 0 Å². The minimum atomic E-state index is -0.848. The maximum atomic E-state index is 12.6. The fraction of sp³-hybridized carbons (Fsp3) is 0.667. The van der Waals surface area contributed by atoms with E-state index in [9.17, 15) is 14.7 Å². The van der Waals surface area contributed by atoms with Gasteiger partial charge in [0.05, 0.1) is 18.0 Å². The molecule has 1 fully saturated rings. The van der Waals surface area contributed by atoms with Crippen molar-refractivity contribution in [2.45, 2.75) is 39.2 Å². The highest BCUT2D eigenvalue weighted by molar-refractivity contribution is 5.84. The molecule has 0 radical (unpaired) electrons. The zero-order valence-electron chi connectivity index (χ0n) is 12.9. The van der Waals surface area contributed by atoms with Gasteiger partial charge in [0.1, 0.15) is 0 Å². The van der Waals surface area contributed by atoms with Crippen LogP contribution in [0.4, 0.5) is 0 Å². The number of aliphatic carboxylic acids is 1. The first-order valence-electron chi connectivity index (χ1n) is 7.37. The summed E-state index contributed by atoms with van der Waals surface area (Å²) in [6.45, 7) is 2.43. The Morgan fingerprint density at radius 3 is 2.52 bits per heavy atom. The second kappa shape index (κ2) is 6.28. The largest absolute Gasteiger partial charge is 0.481 e. The molecule has 1 aromatic rings. The summed E-state index contributed by atoms with van der Waals surface area (Å²) in [5, 5.41) is 13.5. The molecule has 1 amide bonds. The van der Waals surface area contributed by atoms with Gasteiger partial charge in [-0.1, -0.05) is 12.8 Å². The van der Waals surface area contributed by atoms with E-state index in [2.05, 4.69) is 5.10 Å². The zero-order valence-corrected chi connectivity index (χ0v) is 12.9. The van der Waals surface area contributed by atoms with Crippen LogP contribution in [0.5, 0.6) is 0 Å². The first-order chi connectivity index (χ1) is 9.91. The molecule has 0 saturated heterocycles. The maximum Gasteiger partial charge on any atom is 0.307 e. The van der Waals surface area contributed by atoms with Gasteiger partial charge in [0, 0.05) is 31.9 Å². The molecule has 0 unspecified atom stereocenters. The van der Waals surface area contributed by atoms with Crippen molar-refractivity contribution in [2.24, 2.45) is 18.9 Å². The molecule has 0 bridgehead atoms. The molecule has 116 valence electrons. The van der Waals surface area contributed by atoms with Crippen molar-refractivity contribution in [3.63, 3.8) is 0 Å². The SMILES string of the molecule is Cc1c(CN(C)C(=O)[C@@H]2CCCC[C@@H]2C(=O)O)cnn1C. The molecule has 6 nitrogen and oxygen atoms in total. The Balaban J connectivity index is 2.07. The summed E-state index contributed by atoms with van der Waals surface area (Å²) < 4.78 is 1.77. The minimum Gasteiger partial charge on any atom is -0.481 e. The fourth-order valence-electron chi connectivity index (χ4n) is 3.04. The molecule has 0 aromatic carbocycles. The van der Waals surface area contributed by atoms with Crippen molar-refractivity contribution in [2.75, 3.05) is 7.05 Å². The molecule has 1 aliphatic carbocycles. The molecule has 1 N–H and O–H groups in total. The highest BCUT2D eigenvalue weighted by atomic mass is 16.4. The van der Waals surface area contributed by atoms with Crippen LogP contribution in [0.15, 0.2) is 6.20 Å². The topological polar surface area (TPSA) is 75.4 Å². The number of carbonyl (C=O) groups is 2. The molecule has 21 heavy (non-hydrogen) atoms. The number of aromatic nitrogens is 2. The van der Waals surface area contributed by atoms with E-state index in [0.29, 0.717) is 19.4 Å². The van der Waals surface area contributed by atoms with Crippen molar-refractivity contribution in [1.82, 2.24) is 14.7 Å². The van der Waals surface area contributed by atoms with Crippen LogP contribution in [-0.4, -0.2) is 38.7 Å². The number of carboxylic acid groups (broad SMARTS) is 1. The van der Waals surface area contributed by atoms with Crippen LogP contribution in [0.25, 0.3) is 0 Å². The van der Waals surface area contributed by atoms with E-state index < -0.39 is 17.8 Å². The van der Waals surface area contributed by atoms with Crippen molar-refractivity contribution < 1.29 is 14.7 Å². The van der Waals surface area contributed by atoms with Gasteiger partial charge in [0.2, 0.25) is 5.91 Å². The second-order valence-electron chi connectivity index (χ2n) is 5.91. The van der Waals surface area contributed by atoms with Gasteiger partial charge in [0.15, 0.2) is 0 Å². The van der Waals surface area contributed by atoms with Gasteiger partial charge in [-0.2, -0.15) is 5.10 Å². The van der Waals surface area contributed by atoms with Crippen LogP contribution < -0.4 is 0 Å². The number of aryl methyl sites for hydroxylation is 1. The number of amides is 1. The summed E-state index contributed by atoms with van der Waals surface area (Å²) in [5.41, 5.74) is 2.02. The molecule has 1 heterocycles. The zero-order chi connectivity index (χ0) is 15.6. The van der Waals surface area contributed by atoms with E-state index in [0.717, 1.165) is 24.1 Å².